The topological polar surface area (TPSA) is 119 Å². The zero-order valence-electron chi connectivity index (χ0n) is 21.8. The van der Waals surface area contributed by atoms with Crippen LogP contribution in [0.25, 0.3) is 16.9 Å². The van der Waals surface area contributed by atoms with Gasteiger partial charge in [-0.25, -0.2) is 24.4 Å². The third-order valence-corrected chi connectivity index (χ3v) is 6.38. The number of ether oxygens (including phenoxy) is 1. The summed E-state index contributed by atoms with van der Waals surface area (Å²) in [7, 11) is 1.60. The van der Waals surface area contributed by atoms with E-state index in [0.29, 0.717) is 42.6 Å². The largest absolute Gasteiger partial charge is 0.383 e. The van der Waals surface area contributed by atoms with Crippen LogP contribution in [0, 0.1) is 19.8 Å². The Morgan fingerprint density at radius 2 is 1.92 bits per heavy atom. The predicted octanol–water partition coefficient (Wildman–Crippen LogP) is 3.61. The van der Waals surface area contributed by atoms with E-state index < -0.39 is 24.1 Å². The SMILES string of the molecule is COCCN1C[C@@H](NC(=O)Nc2c(C)c(-c3cnc(C)nc3)nn2-c2ccccc2)[C@H](c2ccnc(F)c2)O1. The molecule has 4 heterocycles. The highest BCUT2D eigenvalue weighted by atomic mass is 19.1. The van der Waals surface area contributed by atoms with Crippen molar-refractivity contribution in [1.29, 1.82) is 0 Å². The van der Waals surface area contributed by atoms with E-state index in [-0.39, 0.29) is 0 Å². The number of nitrogens with zero attached hydrogens (tertiary/aromatic N) is 6. The molecule has 1 saturated heterocycles. The van der Waals surface area contributed by atoms with E-state index in [1.165, 1.54) is 12.3 Å². The molecule has 0 radical (unpaired) electrons. The van der Waals surface area contributed by atoms with Crippen molar-refractivity contribution in [3.05, 3.63) is 84.0 Å². The maximum atomic E-state index is 13.9. The van der Waals surface area contributed by atoms with E-state index in [9.17, 15) is 9.18 Å². The molecule has 4 aromatic rings. The molecule has 1 aliphatic heterocycles. The number of hydrogen-bond acceptors (Lipinski definition) is 8. The lowest BCUT2D eigenvalue weighted by atomic mass is 10.0. The number of anilines is 1. The van der Waals surface area contributed by atoms with E-state index in [1.807, 2.05) is 44.2 Å². The molecule has 1 aromatic carbocycles. The maximum Gasteiger partial charge on any atom is 0.320 e. The number of rotatable bonds is 8. The van der Waals surface area contributed by atoms with Crippen LogP contribution in [0.15, 0.2) is 61.1 Å². The fraction of sp³-hybridized carbons (Fsp3) is 0.296. The summed E-state index contributed by atoms with van der Waals surface area (Å²) in [4.78, 5) is 31.6. The number of aryl methyl sites for hydroxylation is 1. The molecule has 12 heteroatoms. The number of hydroxylamine groups is 2. The lowest BCUT2D eigenvalue weighted by Gasteiger charge is -2.19. The summed E-state index contributed by atoms with van der Waals surface area (Å²) >= 11 is 0. The molecule has 0 saturated carbocycles. The van der Waals surface area contributed by atoms with E-state index in [1.54, 1.807) is 35.3 Å². The minimum atomic E-state index is -0.621. The highest BCUT2D eigenvalue weighted by Gasteiger charge is 2.37. The zero-order chi connectivity index (χ0) is 27.4. The Kier molecular flexibility index (Phi) is 7.87. The number of aromatic nitrogens is 5. The quantitative estimate of drug-likeness (QED) is 0.331. The Morgan fingerprint density at radius 3 is 2.64 bits per heavy atom. The number of nitrogens with one attached hydrogen (secondary N) is 2. The summed E-state index contributed by atoms with van der Waals surface area (Å²) in [6.45, 7) is 5.01. The van der Waals surface area contributed by atoms with Gasteiger partial charge >= 0.3 is 6.03 Å². The van der Waals surface area contributed by atoms with Gasteiger partial charge in [0, 0.05) is 49.9 Å². The molecule has 0 spiro atoms. The van der Waals surface area contributed by atoms with Crippen LogP contribution in [0.5, 0.6) is 0 Å². The number of hydrogen-bond donors (Lipinski definition) is 2. The number of amides is 2. The second kappa shape index (κ2) is 11.6. The standard InChI is InChI=1S/C27H29FN8O3/c1-17-24(20-14-30-18(2)31-15-20)34-36(21-7-5-4-6-8-21)26(17)33-27(37)32-22-16-35(11-12-38-3)39-25(22)19-9-10-29-23(28)13-19/h4-10,13-15,22,25H,11-12,16H2,1-3H3,(H2,32,33,37)/t22-,25+/m1/s1. The summed E-state index contributed by atoms with van der Waals surface area (Å²) in [5.74, 6) is 0.527. The van der Waals surface area contributed by atoms with Crippen molar-refractivity contribution >= 4 is 11.8 Å². The van der Waals surface area contributed by atoms with Crippen molar-refractivity contribution in [2.75, 3.05) is 32.1 Å². The van der Waals surface area contributed by atoms with Crippen LogP contribution in [-0.2, 0) is 9.57 Å². The van der Waals surface area contributed by atoms with Crippen LogP contribution in [0.3, 0.4) is 0 Å². The monoisotopic (exact) mass is 532 g/mol. The summed E-state index contributed by atoms with van der Waals surface area (Å²) in [5, 5.41) is 12.5. The summed E-state index contributed by atoms with van der Waals surface area (Å²) in [6.07, 6.45) is 4.19. The van der Waals surface area contributed by atoms with Gasteiger partial charge < -0.3 is 10.1 Å². The van der Waals surface area contributed by atoms with Gasteiger partial charge in [-0.05, 0) is 43.7 Å². The van der Waals surface area contributed by atoms with Crippen molar-refractivity contribution in [2.24, 2.45) is 0 Å². The van der Waals surface area contributed by atoms with Crippen LogP contribution in [0.4, 0.5) is 15.0 Å². The highest BCUT2D eigenvalue weighted by molar-refractivity contribution is 5.91. The van der Waals surface area contributed by atoms with Crippen molar-refractivity contribution in [3.63, 3.8) is 0 Å². The molecule has 0 bridgehead atoms. The molecular weight excluding hydrogens is 503 g/mol. The first-order valence-corrected chi connectivity index (χ1v) is 12.5. The number of benzene rings is 1. The van der Waals surface area contributed by atoms with Gasteiger partial charge in [0.2, 0.25) is 5.95 Å². The smallest absolute Gasteiger partial charge is 0.320 e. The Labute approximate surface area is 225 Å². The fourth-order valence-electron chi connectivity index (χ4n) is 4.44. The van der Waals surface area contributed by atoms with Gasteiger partial charge in [0.25, 0.3) is 0 Å². The van der Waals surface area contributed by atoms with Gasteiger partial charge in [0.15, 0.2) is 0 Å². The minimum Gasteiger partial charge on any atom is -0.383 e. The van der Waals surface area contributed by atoms with Gasteiger partial charge in [-0.15, -0.1) is 0 Å². The third-order valence-electron chi connectivity index (χ3n) is 6.38. The van der Waals surface area contributed by atoms with Crippen molar-refractivity contribution in [3.8, 4) is 16.9 Å². The molecule has 1 aliphatic rings. The Hall–Kier alpha value is -4.26. The maximum absolute atomic E-state index is 13.9. The second-order valence-corrected chi connectivity index (χ2v) is 9.11. The molecule has 2 atom stereocenters. The summed E-state index contributed by atoms with van der Waals surface area (Å²) < 4.78 is 20.7. The average molecular weight is 533 g/mol. The van der Waals surface area contributed by atoms with E-state index in [2.05, 4.69) is 25.6 Å². The lowest BCUT2D eigenvalue weighted by Crippen LogP contribution is -2.42. The van der Waals surface area contributed by atoms with E-state index in [0.717, 1.165) is 16.8 Å². The number of carbonyl (C=O) groups excluding carboxylic acids is 1. The molecule has 202 valence electrons. The molecule has 1 fully saturated rings. The number of methoxy groups -OCH3 is 1. The van der Waals surface area contributed by atoms with E-state index in [4.69, 9.17) is 14.7 Å². The molecule has 2 amide bonds. The first kappa shape index (κ1) is 26.4. The number of carbonyl (C=O) groups is 1. The average Bonchev–Trinajstić information content (AvgIpc) is 3.49. The fourth-order valence-corrected chi connectivity index (χ4v) is 4.44. The predicted molar refractivity (Wildman–Crippen MR) is 141 cm³/mol. The molecule has 2 N–H and O–H groups in total. The van der Waals surface area contributed by atoms with Gasteiger partial charge in [0.1, 0.15) is 23.4 Å². The van der Waals surface area contributed by atoms with Crippen LogP contribution in [-0.4, -0.2) is 68.7 Å². The minimum absolute atomic E-state index is 0.383. The Balaban J connectivity index is 1.42. The van der Waals surface area contributed by atoms with E-state index >= 15 is 0 Å². The van der Waals surface area contributed by atoms with Crippen molar-refractivity contribution < 1.29 is 18.8 Å². The van der Waals surface area contributed by atoms with Crippen LogP contribution in [0.2, 0.25) is 0 Å². The molecule has 5 rings (SSSR count). The number of pyridine rings is 1. The molecule has 11 nitrogen and oxygen atoms in total. The van der Waals surface area contributed by atoms with Crippen molar-refractivity contribution in [1.82, 2.24) is 35.1 Å². The zero-order valence-corrected chi connectivity index (χ0v) is 21.8. The lowest BCUT2D eigenvalue weighted by molar-refractivity contribution is -0.154. The van der Waals surface area contributed by atoms with Gasteiger partial charge in [-0.2, -0.15) is 14.6 Å². The molecule has 39 heavy (non-hydrogen) atoms. The molecule has 0 aliphatic carbocycles. The number of halogens is 1. The number of urea groups is 1. The van der Waals surface area contributed by atoms with Crippen molar-refractivity contribution in [2.45, 2.75) is 26.0 Å². The number of para-hydroxylation sites is 1. The van der Waals surface area contributed by atoms with Gasteiger partial charge in [0.05, 0.1) is 18.3 Å². The third kappa shape index (κ3) is 5.93. The summed E-state index contributed by atoms with van der Waals surface area (Å²) in [6, 6.07) is 11.6. The van der Waals surface area contributed by atoms with Crippen LogP contribution < -0.4 is 10.6 Å². The first-order valence-electron chi connectivity index (χ1n) is 12.5. The van der Waals surface area contributed by atoms with Crippen LogP contribution in [0.1, 0.15) is 23.1 Å². The first-order chi connectivity index (χ1) is 18.9. The molecular formula is C27H29FN8O3. The Morgan fingerprint density at radius 1 is 1.15 bits per heavy atom. The van der Waals surface area contributed by atoms with Gasteiger partial charge in [-0.3, -0.25) is 10.2 Å². The Bertz CT molecular complexity index is 1430. The molecule has 0 unspecified atom stereocenters. The van der Waals surface area contributed by atoms with Crippen LogP contribution >= 0.6 is 0 Å². The normalized spacial score (nSPS) is 17.3. The summed E-state index contributed by atoms with van der Waals surface area (Å²) in [5.41, 5.74) is 3.47. The second-order valence-electron chi connectivity index (χ2n) is 9.11. The highest BCUT2D eigenvalue weighted by Crippen LogP contribution is 2.31. The van der Waals surface area contributed by atoms with Gasteiger partial charge in [-0.1, -0.05) is 18.2 Å². The molecule has 3 aromatic heterocycles.